The summed E-state index contributed by atoms with van der Waals surface area (Å²) in [6.45, 7) is 12.4. The van der Waals surface area contributed by atoms with Crippen LogP contribution in [0.5, 0.6) is 5.88 Å². The monoisotopic (exact) mass is 397 g/mol. The number of carbonyl (C=O) groups is 1. The van der Waals surface area contributed by atoms with Gasteiger partial charge in [0.05, 0.1) is 7.11 Å². The number of nitrogens with zero attached hydrogens (tertiary/aromatic N) is 4. The van der Waals surface area contributed by atoms with Crippen LogP contribution in [0.3, 0.4) is 0 Å². The van der Waals surface area contributed by atoms with Crippen molar-refractivity contribution in [3.8, 4) is 5.88 Å². The van der Waals surface area contributed by atoms with Crippen molar-refractivity contribution in [2.24, 2.45) is 5.92 Å². The molecule has 7 heteroatoms. The van der Waals surface area contributed by atoms with Crippen LogP contribution in [-0.2, 0) is 0 Å². The summed E-state index contributed by atoms with van der Waals surface area (Å²) in [6.07, 6.45) is 1.56. The van der Waals surface area contributed by atoms with Crippen molar-refractivity contribution in [2.75, 3.05) is 49.6 Å². The molecule has 0 radical (unpaired) electrons. The molecule has 2 heterocycles. The zero-order valence-corrected chi connectivity index (χ0v) is 18.0. The molecule has 0 unspecified atom stereocenters. The molecule has 1 amide bonds. The second-order valence-electron chi connectivity index (χ2n) is 7.94. The van der Waals surface area contributed by atoms with Crippen LogP contribution in [0.4, 0.5) is 11.6 Å². The van der Waals surface area contributed by atoms with Gasteiger partial charge in [-0.15, -0.1) is 0 Å². The number of carbonyl (C=O) groups excluding carboxylic acids is 1. The lowest BCUT2D eigenvalue weighted by Crippen LogP contribution is -2.47. The van der Waals surface area contributed by atoms with Crippen LogP contribution in [0.1, 0.15) is 35.3 Å². The minimum absolute atomic E-state index is 0.207. The highest BCUT2D eigenvalue weighted by atomic mass is 16.5. The lowest BCUT2D eigenvalue weighted by Gasteiger charge is -2.36. The molecule has 0 spiro atoms. The number of benzene rings is 1. The molecule has 29 heavy (non-hydrogen) atoms. The van der Waals surface area contributed by atoms with Crippen LogP contribution in [0.25, 0.3) is 0 Å². The van der Waals surface area contributed by atoms with Gasteiger partial charge >= 0.3 is 0 Å². The average molecular weight is 398 g/mol. The van der Waals surface area contributed by atoms with Gasteiger partial charge in [-0.25, -0.2) is 4.98 Å². The summed E-state index contributed by atoms with van der Waals surface area (Å²) in [5, 5.41) is 2.89. The first-order valence-electron chi connectivity index (χ1n) is 10.2. The van der Waals surface area contributed by atoms with Crippen LogP contribution in [0, 0.1) is 19.8 Å². The summed E-state index contributed by atoms with van der Waals surface area (Å²) in [4.78, 5) is 25.8. The van der Waals surface area contributed by atoms with Crippen molar-refractivity contribution in [1.82, 2.24) is 15.3 Å². The molecule has 1 fully saturated rings. The third-order valence-corrected chi connectivity index (χ3v) is 5.27. The van der Waals surface area contributed by atoms with Crippen LogP contribution >= 0.6 is 0 Å². The Morgan fingerprint density at radius 1 is 1.14 bits per heavy atom. The van der Waals surface area contributed by atoms with Gasteiger partial charge in [0.2, 0.25) is 11.8 Å². The highest BCUT2D eigenvalue weighted by Gasteiger charge is 2.22. The Morgan fingerprint density at radius 3 is 2.45 bits per heavy atom. The fourth-order valence-corrected chi connectivity index (χ4v) is 3.30. The van der Waals surface area contributed by atoms with Crippen molar-refractivity contribution >= 4 is 17.5 Å². The molecular weight excluding hydrogens is 366 g/mol. The number of amides is 1. The molecule has 1 aliphatic rings. The first-order chi connectivity index (χ1) is 13.9. The summed E-state index contributed by atoms with van der Waals surface area (Å²) in [5.41, 5.74) is 4.24. The van der Waals surface area contributed by atoms with Crippen LogP contribution < -0.4 is 19.9 Å². The minimum Gasteiger partial charge on any atom is -0.480 e. The van der Waals surface area contributed by atoms with E-state index in [0.29, 0.717) is 29.9 Å². The van der Waals surface area contributed by atoms with Gasteiger partial charge in [-0.05, 0) is 43.0 Å². The summed E-state index contributed by atoms with van der Waals surface area (Å²) in [6, 6.07) is 6.60. The predicted molar refractivity (Wildman–Crippen MR) is 116 cm³/mol. The van der Waals surface area contributed by atoms with E-state index >= 15 is 0 Å². The van der Waals surface area contributed by atoms with E-state index < -0.39 is 0 Å². The van der Waals surface area contributed by atoms with E-state index in [9.17, 15) is 4.79 Å². The van der Waals surface area contributed by atoms with Gasteiger partial charge in [0.15, 0.2) is 0 Å². The zero-order chi connectivity index (χ0) is 21.0. The van der Waals surface area contributed by atoms with Gasteiger partial charge in [-0.3, -0.25) is 4.79 Å². The maximum atomic E-state index is 12.4. The first-order valence-corrected chi connectivity index (χ1v) is 10.2. The molecule has 7 nitrogen and oxygen atoms in total. The highest BCUT2D eigenvalue weighted by molar-refractivity contribution is 5.96. The topological polar surface area (TPSA) is 70.6 Å². The van der Waals surface area contributed by atoms with Crippen molar-refractivity contribution in [1.29, 1.82) is 0 Å². The quantitative estimate of drug-likeness (QED) is 0.808. The maximum Gasteiger partial charge on any atom is 0.258 e. The minimum atomic E-state index is -0.207. The maximum absolute atomic E-state index is 12.4. The number of piperazine rings is 1. The fraction of sp³-hybridized carbons (Fsp3) is 0.500. The molecule has 1 aliphatic heterocycles. The van der Waals surface area contributed by atoms with E-state index in [1.165, 1.54) is 23.9 Å². The molecule has 1 saturated heterocycles. The van der Waals surface area contributed by atoms with E-state index in [4.69, 9.17) is 4.74 Å². The van der Waals surface area contributed by atoms with Crippen LogP contribution in [0.2, 0.25) is 0 Å². The predicted octanol–water partition coefficient (Wildman–Crippen LogP) is 2.81. The molecular formula is C22H31N5O2. The number of methoxy groups -OCH3 is 1. The first kappa shape index (κ1) is 20.9. The molecule has 0 atom stereocenters. The van der Waals surface area contributed by atoms with E-state index in [2.05, 4.69) is 71.0 Å². The fourth-order valence-electron chi connectivity index (χ4n) is 3.30. The summed E-state index contributed by atoms with van der Waals surface area (Å²) in [5.74, 6) is 1.08. The summed E-state index contributed by atoms with van der Waals surface area (Å²) < 4.78 is 5.37. The number of aryl methyl sites for hydroxylation is 2. The Morgan fingerprint density at radius 2 is 1.83 bits per heavy atom. The molecule has 0 saturated carbocycles. The number of aromatic nitrogens is 2. The highest BCUT2D eigenvalue weighted by Crippen LogP contribution is 2.23. The Hall–Kier alpha value is -2.83. The third-order valence-electron chi connectivity index (χ3n) is 5.27. The van der Waals surface area contributed by atoms with E-state index in [1.807, 2.05) is 0 Å². The second-order valence-corrected chi connectivity index (χ2v) is 7.94. The van der Waals surface area contributed by atoms with E-state index in [0.717, 1.165) is 26.2 Å². The number of hydrogen-bond donors (Lipinski definition) is 1. The Bertz CT molecular complexity index is 860. The van der Waals surface area contributed by atoms with Gasteiger partial charge in [-0.2, -0.15) is 4.98 Å². The van der Waals surface area contributed by atoms with Gasteiger partial charge in [0.1, 0.15) is 5.56 Å². The lowest BCUT2D eigenvalue weighted by molar-refractivity contribution is 0.0945. The van der Waals surface area contributed by atoms with Gasteiger partial charge < -0.3 is 19.9 Å². The molecule has 3 rings (SSSR count). The largest absolute Gasteiger partial charge is 0.480 e. The Labute approximate surface area is 173 Å². The van der Waals surface area contributed by atoms with Gasteiger partial charge in [-0.1, -0.05) is 19.9 Å². The zero-order valence-electron chi connectivity index (χ0n) is 18.0. The third kappa shape index (κ3) is 4.96. The Kier molecular flexibility index (Phi) is 6.56. The van der Waals surface area contributed by atoms with Crippen LogP contribution in [-0.4, -0.2) is 55.7 Å². The van der Waals surface area contributed by atoms with Gasteiger partial charge in [0.25, 0.3) is 5.91 Å². The molecule has 0 aliphatic carbocycles. The van der Waals surface area contributed by atoms with E-state index in [1.54, 1.807) is 6.20 Å². The number of anilines is 2. The molecule has 1 aromatic carbocycles. The normalized spacial score (nSPS) is 14.3. The van der Waals surface area contributed by atoms with Crippen molar-refractivity contribution in [3.05, 3.63) is 41.1 Å². The van der Waals surface area contributed by atoms with Crippen molar-refractivity contribution < 1.29 is 9.53 Å². The number of nitrogens with one attached hydrogen (secondary N) is 1. The number of ether oxygens (including phenoxy) is 1. The molecule has 2 aromatic rings. The Balaban J connectivity index is 1.67. The standard InChI is InChI=1S/C22H31N5O2/c1-15(2)13-23-20(28)19-14-24-22(25-21(19)29-5)27-10-8-26(9-11-27)18-7-6-16(3)17(4)12-18/h6-7,12,14-15H,8-11,13H2,1-5H3,(H,23,28). The molecule has 156 valence electrons. The summed E-state index contributed by atoms with van der Waals surface area (Å²) >= 11 is 0. The number of rotatable bonds is 6. The SMILES string of the molecule is COc1nc(N2CCN(c3ccc(C)c(C)c3)CC2)ncc1C(=O)NCC(C)C. The molecule has 1 aromatic heterocycles. The molecule has 0 bridgehead atoms. The van der Waals surface area contributed by atoms with Crippen LogP contribution in [0.15, 0.2) is 24.4 Å². The number of hydrogen-bond acceptors (Lipinski definition) is 6. The lowest BCUT2D eigenvalue weighted by atomic mass is 10.1. The van der Waals surface area contributed by atoms with Gasteiger partial charge in [0, 0.05) is 44.6 Å². The summed E-state index contributed by atoms with van der Waals surface area (Å²) in [7, 11) is 1.53. The van der Waals surface area contributed by atoms with Crippen molar-refractivity contribution in [3.63, 3.8) is 0 Å². The molecule has 1 N–H and O–H groups in total. The second kappa shape index (κ2) is 9.11. The van der Waals surface area contributed by atoms with Crippen molar-refractivity contribution in [2.45, 2.75) is 27.7 Å². The average Bonchev–Trinajstić information content (AvgIpc) is 2.73. The van der Waals surface area contributed by atoms with E-state index in [-0.39, 0.29) is 5.91 Å². The smallest absolute Gasteiger partial charge is 0.258 e.